The fourth-order valence-corrected chi connectivity index (χ4v) is 2.52. The molecule has 128 valence electrons. The van der Waals surface area contributed by atoms with E-state index in [4.69, 9.17) is 0 Å². The van der Waals surface area contributed by atoms with Crippen LogP contribution in [0, 0.1) is 10.1 Å². The van der Waals surface area contributed by atoms with Crippen LogP contribution in [0.4, 0.5) is 11.4 Å². The van der Waals surface area contributed by atoms with Gasteiger partial charge < -0.3 is 5.32 Å². The number of nitrogens with one attached hydrogen (secondary N) is 1. The lowest BCUT2D eigenvalue weighted by Crippen LogP contribution is -2.17. The second kappa shape index (κ2) is 7.40. The number of non-ortho nitro benzene ring substituents is 1. The highest BCUT2D eigenvalue weighted by Crippen LogP contribution is 2.20. The standard InChI is InChI=1S/C20H14N2O4/c23-19(14-7-2-1-3-8-14)17-11-4-5-12-18(17)20(24)21-15-9-6-10-16(13-15)22(25)26/h1-13H,(H,21,24). The number of nitro benzene ring substituents is 1. The van der Waals surface area contributed by atoms with Crippen molar-refractivity contribution in [2.24, 2.45) is 0 Å². The Morgan fingerprint density at radius 3 is 2.15 bits per heavy atom. The molecule has 0 heterocycles. The lowest BCUT2D eigenvalue weighted by atomic mass is 9.98. The summed E-state index contributed by atoms with van der Waals surface area (Å²) in [4.78, 5) is 35.6. The Morgan fingerprint density at radius 1 is 0.808 bits per heavy atom. The van der Waals surface area contributed by atoms with Crippen molar-refractivity contribution >= 4 is 23.1 Å². The smallest absolute Gasteiger partial charge is 0.271 e. The predicted molar refractivity (Wildman–Crippen MR) is 97.4 cm³/mol. The number of carbonyl (C=O) groups excluding carboxylic acids is 2. The molecule has 0 aliphatic heterocycles. The van der Waals surface area contributed by atoms with E-state index in [1.54, 1.807) is 60.7 Å². The second-order valence-electron chi connectivity index (χ2n) is 5.50. The average molecular weight is 346 g/mol. The molecule has 6 nitrogen and oxygen atoms in total. The quantitative estimate of drug-likeness (QED) is 0.428. The third-order valence-corrected chi connectivity index (χ3v) is 3.77. The molecule has 0 unspecified atom stereocenters. The van der Waals surface area contributed by atoms with Crippen LogP contribution in [0.25, 0.3) is 0 Å². The molecule has 3 aromatic rings. The Kier molecular flexibility index (Phi) is 4.85. The summed E-state index contributed by atoms with van der Waals surface area (Å²) in [6.07, 6.45) is 0. The molecule has 1 N–H and O–H groups in total. The Morgan fingerprint density at radius 2 is 1.46 bits per heavy atom. The van der Waals surface area contributed by atoms with Gasteiger partial charge in [-0.15, -0.1) is 0 Å². The highest BCUT2D eigenvalue weighted by atomic mass is 16.6. The maximum atomic E-state index is 12.7. The zero-order valence-corrected chi connectivity index (χ0v) is 13.6. The lowest BCUT2D eigenvalue weighted by Gasteiger charge is -2.10. The molecule has 0 aromatic heterocycles. The summed E-state index contributed by atoms with van der Waals surface area (Å²) in [5.74, 6) is -0.777. The van der Waals surface area contributed by atoms with E-state index in [-0.39, 0.29) is 28.3 Å². The number of hydrogen-bond acceptors (Lipinski definition) is 4. The molecular weight excluding hydrogens is 332 g/mol. The SMILES string of the molecule is O=C(Nc1cccc([N+](=O)[O-])c1)c1ccccc1C(=O)c1ccccc1. The molecule has 6 heteroatoms. The summed E-state index contributed by atoms with van der Waals surface area (Å²) in [6, 6.07) is 20.7. The van der Waals surface area contributed by atoms with Gasteiger partial charge in [0.2, 0.25) is 0 Å². The normalized spacial score (nSPS) is 10.2. The highest BCUT2D eigenvalue weighted by molar-refractivity contribution is 6.17. The molecule has 1 amide bonds. The summed E-state index contributed by atoms with van der Waals surface area (Å²) in [5, 5.41) is 13.5. The highest BCUT2D eigenvalue weighted by Gasteiger charge is 2.18. The van der Waals surface area contributed by atoms with Gasteiger partial charge in [0.05, 0.1) is 10.5 Å². The molecule has 0 radical (unpaired) electrons. The van der Waals surface area contributed by atoms with Crippen LogP contribution in [0.15, 0.2) is 78.9 Å². The number of anilines is 1. The maximum absolute atomic E-state index is 12.7. The third kappa shape index (κ3) is 3.64. The minimum absolute atomic E-state index is 0.128. The largest absolute Gasteiger partial charge is 0.322 e. The van der Waals surface area contributed by atoms with E-state index in [1.807, 2.05) is 0 Å². The van der Waals surface area contributed by atoms with Crippen LogP contribution >= 0.6 is 0 Å². The van der Waals surface area contributed by atoms with Crippen LogP contribution in [-0.2, 0) is 0 Å². The van der Waals surface area contributed by atoms with Crippen LogP contribution in [0.1, 0.15) is 26.3 Å². The number of rotatable bonds is 5. The Balaban J connectivity index is 1.90. The van der Waals surface area contributed by atoms with Crippen LogP contribution in [0.5, 0.6) is 0 Å². The number of ketones is 1. The molecule has 0 spiro atoms. The van der Waals surface area contributed by atoms with Crippen molar-refractivity contribution in [3.8, 4) is 0 Å². The molecule has 0 fully saturated rings. The fourth-order valence-electron chi connectivity index (χ4n) is 2.52. The second-order valence-corrected chi connectivity index (χ2v) is 5.50. The van der Waals surface area contributed by atoms with Gasteiger partial charge in [0.1, 0.15) is 0 Å². The topological polar surface area (TPSA) is 89.3 Å². The van der Waals surface area contributed by atoms with Gasteiger partial charge in [-0.1, -0.05) is 54.6 Å². The molecule has 3 aromatic carbocycles. The first-order valence-electron chi connectivity index (χ1n) is 7.81. The van der Waals surface area contributed by atoms with Crippen LogP contribution in [0.2, 0.25) is 0 Å². The molecular formula is C20H14N2O4. The van der Waals surface area contributed by atoms with E-state index in [0.29, 0.717) is 5.56 Å². The fraction of sp³-hybridized carbons (Fsp3) is 0. The van der Waals surface area contributed by atoms with Crippen molar-refractivity contribution in [1.29, 1.82) is 0 Å². The molecule has 0 saturated carbocycles. The van der Waals surface area contributed by atoms with Gasteiger partial charge >= 0.3 is 0 Å². The van der Waals surface area contributed by atoms with Gasteiger partial charge in [0, 0.05) is 28.9 Å². The number of amides is 1. The zero-order chi connectivity index (χ0) is 18.5. The van der Waals surface area contributed by atoms with Crippen molar-refractivity contribution in [2.75, 3.05) is 5.32 Å². The Bertz CT molecular complexity index is 984. The first-order chi connectivity index (χ1) is 12.6. The van der Waals surface area contributed by atoms with E-state index < -0.39 is 10.8 Å². The molecule has 0 bridgehead atoms. The number of benzene rings is 3. The number of carbonyl (C=O) groups is 2. The molecule has 0 aliphatic rings. The summed E-state index contributed by atoms with van der Waals surface area (Å²) in [6.45, 7) is 0. The van der Waals surface area contributed by atoms with Gasteiger partial charge in [-0.05, 0) is 12.1 Å². The van der Waals surface area contributed by atoms with Crippen molar-refractivity contribution in [3.05, 3.63) is 106 Å². The van der Waals surface area contributed by atoms with Crippen LogP contribution in [0.3, 0.4) is 0 Å². The summed E-state index contributed by atoms with van der Waals surface area (Å²) in [5.41, 5.74) is 1.10. The van der Waals surface area contributed by atoms with Crippen LogP contribution < -0.4 is 5.32 Å². The average Bonchev–Trinajstić information content (AvgIpc) is 2.68. The monoisotopic (exact) mass is 346 g/mol. The van der Waals surface area contributed by atoms with Crippen molar-refractivity contribution in [2.45, 2.75) is 0 Å². The first-order valence-corrected chi connectivity index (χ1v) is 7.81. The van der Waals surface area contributed by atoms with E-state index in [9.17, 15) is 19.7 Å². The number of hydrogen-bond donors (Lipinski definition) is 1. The van der Waals surface area contributed by atoms with Gasteiger partial charge in [0.15, 0.2) is 5.78 Å². The first kappa shape index (κ1) is 17.0. The summed E-state index contributed by atoms with van der Waals surface area (Å²) >= 11 is 0. The lowest BCUT2D eigenvalue weighted by molar-refractivity contribution is -0.384. The minimum Gasteiger partial charge on any atom is -0.322 e. The molecule has 0 aliphatic carbocycles. The minimum atomic E-state index is -0.539. The molecule has 0 saturated heterocycles. The molecule has 3 rings (SSSR count). The van der Waals surface area contributed by atoms with E-state index in [1.165, 1.54) is 18.2 Å². The number of nitrogens with zero attached hydrogens (tertiary/aromatic N) is 1. The summed E-state index contributed by atoms with van der Waals surface area (Å²) in [7, 11) is 0. The van der Waals surface area contributed by atoms with Crippen molar-refractivity contribution in [1.82, 2.24) is 0 Å². The van der Waals surface area contributed by atoms with Gasteiger partial charge in [-0.2, -0.15) is 0 Å². The van der Waals surface area contributed by atoms with E-state index in [0.717, 1.165) is 0 Å². The van der Waals surface area contributed by atoms with E-state index >= 15 is 0 Å². The van der Waals surface area contributed by atoms with Crippen LogP contribution in [-0.4, -0.2) is 16.6 Å². The van der Waals surface area contributed by atoms with Gasteiger partial charge in [0.25, 0.3) is 11.6 Å². The predicted octanol–water partition coefficient (Wildman–Crippen LogP) is 4.08. The maximum Gasteiger partial charge on any atom is 0.271 e. The van der Waals surface area contributed by atoms with Gasteiger partial charge in [-0.25, -0.2) is 0 Å². The van der Waals surface area contributed by atoms with Gasteiger partial charge in [-0.3, -0.25) is 19.7 Å². The van der Waals surface area contributed by atoms with Crippen molar-refractivity contribution in [3.63, 3.8) is 0 Å². The van der Waals surface area contributed by atoms with E-state index in [2.05, 4.69) is 5.32 Å². The Labute approximate surface area is 149 Å². The molecule has 0 atom stereocenters. The third-order valence-electron chi connectivity index (χ3n) is 3.77. The summed E-state index contributed by atoms with van der Waals surface area (Å²) < 4.78 is 0. The van der Waals surface area contributed by atoms with Crippen molar-refractivity contribution < 1.29 is 14.5 Å². The zero-order valence-electron chi connectivity index (χ0n) is 13.6. The Hall–Kier alpha value is -3.80. The number of nitro groups is 1. The molecule has 26 heavy (non-hydrogen) atoms.